The van der Waals surface area contributed by atoms with Gasteiger partial charge in [0.25, 0.3) is 0 Å². The van der Waals surface area contributed by atoms with Crippen molar-refractivity contribution >= 4 is 0 Å². The molecule has 19 heavy (non-hydrogen) atoms. The van der Waals surface area contributed by atoms with Gasteiger partial charge in [-0.3, -0.25) is 0 Å². The van der Waals surface area contributed by atoms with Crippen LogP contribution < -0.4 is 10.5 Å². The zero-order valence-corrected chi connectivity index (χ0v) is 11.1. The molecule has 0 radical (unpaired) electrons. The molecule has 2 rings (SSSR count). The van der Waals surface area contributed by atoms with Gasteiger partial charge < -0.3 is 10.5 Å². The van der Waals surface area contributed by atoms with Crippen molar-refractivity contribution in [2.75, 3.05) is 13.2 Å². The van der Waals surface area contributed by atoms with Crippen molar-refractivity contribution in [1.29, 1.82) is 0 Å². The van der Waals surface area contributed by atoms with Crippen molar-refractivity contribution in [3.63, 3.8) is 0 Å². The van der Waals surface area contributed by atoms with Gasteiger partial charge >= 0.3 is 0 Å². The minimum atomic E-state index is 0.624. The second kappa shape index (κ2) is 6.84. The number of nitrogens with zero attached hydrogens (tertiary/aromatic N) is 4. The summed E-state index contributed by atoms with van der Waals surface area (Å²) in [6.45, 7) is 4.14. The molecule has 6 heteroatoms. The van der Waals surface area contributed by atoms with Gasteiger partial charge in [-0.05, 0) is 41.9 Å². The summed E-state index contributed by atoms with van der Waals surface area (Å²) in [7, 11) is 0. The Morgan fingerprint density at radius 3 is 3.05 bits per heavy atom. The number of aryl methyl sites for hydroxylation is 1. The van der Waals surface area contributed by atoms with Crippen molar-refractivity contribution < 1.29 is 4.74 Å². The van der Waals surface area contributed by atoms with Gasteiger partial charge in [-0.25, -0.2) is 4.68 Å². The van der Waals surface area contributed by atoms with Crippen molar-refractivity contribution in [2.24, 2.45) is 5.73 Å². The lowest BCUT2D eigenvalue weighted by Gasteiger charge is -2.07. The van der Waals surface area contributed by atoms with Gasteiger partial charge in [0.05, 0.1) is 6.61 Å². The molecule has 0 bridgehead atoms. The Morgan fingerprint density at radius 2 is 2.26 bits per heavy atom. The lowest BCUT2D eigenvalue weighted by atomic mass is 10.2. The molecule has 1 heterocycles. The van der Waals surface area contributed by atoms with Gasteiger partial charge in [-0.2, -0.15) is 0 Å². The van der Waals surface area contributed by atoms with Crippen LogP contribution in [-0.4, -0.2) is 33.4 Å². The number of tetrazole rings is 1. The summed E-state index contributed by atoms with van der Waals surface area (Å²) in [4.78, 5) is 0. The van der Waals surface area contributed by atoms with Crippen molar-refractivity contribution in [2.45, 2.75) is 26.3 Å². The molecule has 0 saturated heterocycles. The van der Waals surface area contributed by atoms with Crippen LogP contribution in [0.3, 0.4) is 0 Å². The predicted molar refractivity (Wildman–Crippen MR) is 72.7 cm³/mol. The highest BCUT2D eigenvalue weighted by Crippen LogP contribution is 2.21. The minimum absolute atomic E-state index is 0.624. The average Bonchev–Trinajstić information content (AvgIpc) is 2.91. The van der Waals surface area contributed by atoms with Gasteiger partial charge in [0.2, 0.25) is 0 Å². The summed E-state index contributed by atoms with van der Waals surface area (Å²) in [6.07, 6.45) is 1.84. The Hall–Kier alpha value is -1.95. The highest BCUT2D eigenvalue weighted by molar-refractivity contribution is 5.57. The third-order valence-electron chi connectivity index (χ3n) is 2.67. The zero-order chi connectivity index (χ0) is 13.5. The van der Waals surface area contributed by atoms with E-state index in [-0.39, 0.29) is 0 Å². The number of hydrogen-bond donors (Lipinski definition) is 1. The third kappa shape index (κ3) is 3.51. The SMILES string of the molecule is CCCOc1cccc(-c2nnnn2CCCN)c1. The molecule has 0 fully saturated rings. The van der Waals surface area contributed by atoms with E-state index in [1.807, 2.05) is 24.3 Å². The Balaban J connectivity index is 2.18. The monoisotopic (exact) mass is 261 g/mol. The van der Waals surface area contributed by atoms with Crippen LogP contribution in [-0.2, 0) is 6.54 Å². The van der Waals surface area contributed by atoms with Crippen LogP contribution in [0.5, 0.6) is 5.75 Å². The van der Waals surface area contributed by atoms with E-state index in [9.17, 15) is 0 Å². The molecule has 1 aromatic carbocycles. The average molecular weight is 261 g/mol. The molecule has 0 spiro atoms. The summed E-state index contributed by atoms with van der Waals surface area (Å²) in [5.41, 5.74) is 6.47. The lowest BCUT2D eigenvalue weighted by molar-refractivity contribution is 0.317. The van der Waals surface area contributed by atoms with E-state index in [1.54, 1.807) is 4.68 Å². The van der Waals surface area contributed by atoms with E-state index in [0.717, 1.165) is 36.5 Å². The molecule has 0 atom stereocenters. The van der Waals surface area contributed by atoms with Crippen LogP contribution in [0.1, 0.15) is 19.8 Å². The second-order valence-corrected chi connectivity index (χ2v) is 4.24. The molecule has 102 valence electrons. The number of ether oxygens (including phenoxy) is 1. The van der Waals surface area contributed by atoms with Gasteiger partial charge in [-0.1, -0.05) is 19.1 Å². The van der Waals surface area contributed by atoms with Gasteiger partial charge in [0.15, 0.2) is 5.82 Å². The van der Waals surface area contributed by atoms with E-state index in [0.29, 0.717) is 13.2 Å². The Bertz CT molecular complexity index is 511. The van der Waals surface area contributed by atoms with E-state index in [4.69, 9.17) is 10.5 Å². The molecule has 1 aromatic heterocycles. The Labute approximate surface area is 112 Å². The van der Waals surface area contributed by atoms with Crippen LogP contribution in [0.4, 0.5) is 0 Å². The first kappa shape index (κ1) is 13.5. The summed E-state index contributed by atoms with van der Waals surface area (Å²) >= 11 is 0. The molecule has 0 saturated carbocycles. The van der Waals surface area contributed by atoms with Crippen LogP contribution in [0.15, 0.2) is 24.3 Å². The van der Waals surface area contributed by atoms with E-state index in [1.165, 1.54) is 0 Å². The highest BCUT2D eigenvalue weighted by atomic mass is 16.5. The van der Waals surface area contributed by atoms with Gasteiger partial charge in [0.1, 0.15) is 5.75 Å². The molecular formula is C13H19N5O. The summed E-state index contributed by atoms with van der Waals surface area (Å²) < 4.78 is 7.39. The van der Waals surface area contributed by atoms with Crippen LogP contribution in [0.25, 0.3) is 11.4 Å². The second-order valence-electron chi connectivity index (χ2n) is 4.24. The van der Waals surface area contributed by atoms with Crippen molar-refractivity contribution in [3.8, 4) is 17.1 Å². The van der Waals surface area contributed by atoms with Gasteiger partial charge in [-0.15, -0.1) is 5.10 Å². The number of hydrogen-bond acceptors (Lipinski definition) is 5. The molecule has 0 amide bonds. The molecule has 2 N–H and O–H groups in total. The zero-order valence-electron chi connectivity index (χ0n) is 11.1. The maximum Gasteiger partial charge on any atom is 0.182 e. The van der Waals surface area contributed by atoms with Crippen LogP contribution >= 0.6 is 0 Å². The lowest BCUT2D eigenvalue weighted by Crippen LogP contribution is -2.08. The normalized spacial score (nSPS) is 10.6. The number of nitrogens with two attached hydrogens (primary N) is 1. The summed E-state index contributed by atoms with van der Waals surface area (Å²) in [5, 5.41) is 11.8. The first-order valence-electron chi connectivity index (χ1n) is 6.54. The molecule has 0 aliphatic carbocycles. The largest absolute Gasteiger partial charge is 0.494 e. The maximum absolute atomic E-state index is 5.62. The van der Waals surface area contributed by atoms with Crippen molar-refractivity contribution in [1.82, 2.24) is 20.2 Å². The van der Waals surface area contributed by atoms with Crippen LogP contribution in [0, 0.1) is 0 Å². The number of rotatable bonds is 7. The summed E-state index contributed by atoms with van der Waals surface area (Å²) in [6, 6.07) is 7.82. The van der Waals surface area contributed by atoms with Gasteiger partial charge in [0, 0.05) is 12.1 Å². The fourth-order valence-electron chi connectivity index (χ4n) is 1.75. The predicted octanol–water partition coefficient (Wildman–Crippen LogP) is 1.48. The van der Waals surface area contributed by atoms with E-state index < -0.39 is 0 Å². The molecule has 2 aromatic rings. The van der Waals surface area contributed by atoms with Crippen molar-refractivity contribution in [3.05, 3.63) is 24.3 Å². The minimum Gasteiger partial charge on any atom is -0.494 e. The fourth-order valence-corrected chi connectivity index (χ4v) is 1.75. The summed E-state index contributed by atoms with van der Waals surface area (Å²) in [5.74, 6) is 1.59. The smallest absolute Gasteiger partial charge is 0.182 e. The first-order valence-corrected chi connectivity index (χ1v) is 6.54. The Morgan fingerprint density at radius 1 is 1.37 bits per heavy atom. The standard InChI is InChI=1S/C13H19N5O/c1-2-9-19-12-6-3-5-11(10-12)13-15-16-17-18(13)8-4-7-14/h3,5-6,10H,2,4,7-9,14H2,1H3. The molecular weight excluding hydrogens is 242 g/mol. The topological polar surface area (TPSA) is 78.9 Å². The van der Waals surface area contributed by atoms with E-state index >= 15 is 0 Å². The molecule has 0 aliphatic heterocycles. The number of aromatic nitrogens is 4. The molecule has 0 unspecified atom stereocenters. The van der Waals surface area contributed by atoms with E-state index in [2.05, 4.69) is 22.4 Å². The molecule has 6 nitrogen and oxygen atoms in total. The number of benzene rings is 1. The maximum atomic E-state index is 5.62. The molecule has 0 aliphatic rings. The highest BCUT2D eigenvalue weighted by Gasteiger charge is 2.09. The fraction of sp³-hybridized carbons (Fsp3) is 0.462. The van der Waals surface area contributed by atoms with Crippen LogP contribution in [0.2, 0.25) is 0 Å². The quantitative estimate of drug-likeness (QED) is 0.816. The Kier molecular flexibility index (Phi) is 4.85. The third-order valence-corrected chi connectivity index (χ3v) is 2.67. The first-order chi connectivity index (χ1) is 9.35.